The van der Waals surface area contributed by atoms with Crippen LogP contribution in [-0.2, 0) is 0 Å². The van der Waals surface area contributed by atoms with Gasteiger partial charge in [0.25, 0.3) is 0 Å². The predicted octanol–water partition coefficient (Wildman–Crippen LogP) is 2.89. The van der Waals surface area contributed by atoms with E-state index in [-0.39, 0.29) is 0 Å². The predicted molar refractivity (Wildman–Crippen MR) is 80.5 cm³/mol. The molecule has 0 saturated heterocycles. The van der Waals surface area contributed by atoms with Crippen molar-refractivity contribution in [3.63, 3.8) is 0 Å². The van der Waals surface area contributed by atoms with Gasteiger partial charge in [0.2, 0.25) is 0 Å². The Morgan fingerprint density at radius 2 is 1.33 bits per heavy atom. The van der Waals surface area contributed by atoms with E-state index in [0.29, 0.717) is 9.52 Å². The van der Waals surface area contributed by atoms with Crippen LogP contribution in [0.4, 0.5) is 0 Å². The van der Waals surface area contributed by atoms with E-state index in [1.165, 1.54) is 21.5 Å². The van der Waals surface area contributed by atoms with Crippen LogP contribution in [-0.4, -0.2) is 14.4 Å². The monoisotopic (exact) mass is 288 g/mol. The summed E-state index contributed by atoms with van der Waals surface area (Å²) in [5, 5.41) is 2.72. The number of fused-ring (bicyclic) bond motifs is 2. The summed E-state index contributed by atoms with van der Waals surface area (Å²) in [6.07, 6.45) is 1.92. The topological polar surface area (TPSA) is 0 Å². The summed E-state index contributed by atoms with van der Waals surface area (Å²) in [4.78, 5) is -0.484. The highest BCUT2D eigenvalue weighted by Gasteiger charge is 2.20. The summed E-state index contributed by atoms with van der Waals surface area (Å²) >= 11 is 11.9. The first-order chi connectivity index (χ1) is 8.75. The number of benzene rings is 2. The first-order valence-electron chi connectivity index (χ1n) is 5.71. The van der Waals surface area contributed by atoms with Gasteiger partial charge in [0.1, 0.15) is 14.4 Å². The zero-order chi connectivity index (χ0) is 12.5. The third-order valence-corrected chi connectivity index (χ3v) is 4.66. The average molecular weight is 289 g/mol. The first kappa shape index (κ1) is 12.0. The number of alkyl halides is 2. The van der Waals surface area contributed by atoms with Crippen molar-refractivity contribution in [2.24, 2.45) is 0 Å². The second-order valence-electron chi connectivity index (χ2n) is 4.13. The lowest BCUT2D eigenvalue weighted by atomic mass is 9.97. The summed E-state index contributed by atoms with van der Waals surface area (Å²) in [6, 6.07) is 16.9. The third-order valence-electron chi connectivity index (χ3n) is 3.00. The molecule has 0 nitrogen and oxygen atoms in total. The second-order valence-corrected chi connectivity index (χ2v) is 6.62. The first-order valence-corrected chi connectivity index (χ1v) is 7.59. The van der Waals surface area contributed by atoms with Crippen LogP contribution in [0.2, 0.25) is 0 Å². The maximum Gasteiger partial charge on any atom is 0.126 e. The quantitative estimate of drug-likeness (QED) is 0.477. The molecule has 2 aromatic carbocycles. The van der Waals surface area contributed by atoms with Crippen LogP contribution >= 0.6 is 23.2 Å². The standard InChI is InChI=1S/C15H10Cl2Si/c16-15(17)9-12-10-5-1-3-7-13(10)18-14-8-4-2-6-11(12)14/h1-9,15H. The maximum atomic E-state index is 5.94. The molecule has 0 fully saturated rings. The van der Waals surface area contributed by atoms with E-state index in [4.69, 9.17) is 23.2 Å². The molecule has 0 unspecified atom stereocenters. The third kappa shape index (κ3) is 2.14. The van der Waals surface area contributed by atoms with Gasteiger partial charge in [-0.1, -0.05) is 58.9 Å². The van der Waals surface area contributed by atoms with E-state index >= 15 is 0 Å². The molecule has 1 aliphatic heterocycles. The highest BCUT2D eigenvalue weighted by molar-refractivity contribution is 6.70. The fourth-order valence-corrected chi connectivity index (χ4v) is 3.86. The Morgan fingerprint density at radius 1 is 0.833 bits per heavy atom. The van der Waals surface area contributed by atoms with Crippen molar-refractivity contribution in [3.8, 4) is 0 Å². The Bertz CT molecular complexity index is 570. The van der Waals surface area contributed by atoms with Gasteiger partial charge in [-0.05, 0) is 22.8 Å². The molecular weight excluding hydrogens is 279 g/mol. The lowest BCUT2D eigenvalue weighted by molar-refractivity contribution is 1.52. The highest BCUT2D eigenvalue weighted by Crippen LogP contribution is 2.25. The molecular formula is C15H10Cl2Si. The van der Waals surface area contributed by atoms with Gasteiger partial charge in [0.15, 0.2) is 0 Å². The summed E-state index contributed by atoms with van der Waals surface area (Å²) in [6.45, 7) is 0. The Hall–Kier alpha value is -1.02. The van der Waals surface area contributed by atoms with Crippen molar-refractivity contribution in [1.82, 2.24) is 0 Å². The lowest BCUT2D eigenvalue weighted by Gasteiger charge is -2.22. The number of halogens is 2. The molecule has 1 aliphatic rings. The molecule has 2 radical (unpaired) electrons. The normalized spacial score (nSPS) is 13.2. The molecule has 2 aromatic rings. The van der Waals surface area contributed by atoms with Gasteiger partial charge in [-0.15, -0.1) is 23.2 Å². The fraction of sp³-hybridized carbons (Fsp3) is 0.0667. The molecule has 0 atom stereocenters. The molecule has 3 heteroatoms. The molecule has 0 amide bonds. The van der Waals surface area contributed by atoms with Crippen molar-refractivity contribution in [2.45, 2.75) is 4.84 Å². The van der Waals surface area contributed by atoms with Gasteiger partial charge in [0.05, 0.1) is 0 Å². The molecule has 1 heterocycles. The fourth-order valence-electron chi connectivity index (χ4n) is 2.25. The van der Waals surface area contributed by atoms with Gasteiger partial charge in [-0.2, -0.15) is 0 Å². The summed E-state index contributed by atoms with van der Waals surface area (Å²) < 4.78 is 0. The molecule has 0 bridgehead atoms. The van der Waals surface area contributed by atoms with Gasteiger partial charge in [0, 0.05) is 0 Å². The number of allylic oxidation sites excluding steroid dienone is 1. The lowest BCUT2D eigenvalue weighted by Crippen LogP contribution is -2.36. The van der Waals surface area contributed by atoms with Crippen LogP contribution in [0.5, 0.6) is 0 Å². The van der Waals surface area contributed by atoms with E-state index in [0.717, 1.165) is 5.57 Å². The Labute approximate surface area is 119 Å². The Balaban J connectivity index is 2.24. The van der Waals surface area contributed by atoms with Gasteiger partial charge >= 0.3 is 0 Å². The minimum atomic E-state index is -0.484. The number of hydrogen-bond acceptors (Lipinski definition) is 0. The summed E-state index contributed by atoms with van der Waals surface area (Å²) in [7, 11) is 0.699. The van der Waals surface area contributed by atoms with Crippen molar-refractivity contribution in [2.75, 3.05) is 0 Å². The van der Waals surface area contributed by atoms with Crippen molar-refractivity contribution in [1.29, 1.82) is 0 Å². The van der Waals surface area contributed by atoms with E-state index in [2.05, 4.69) is 48.5 Å². The highest BCUT2D eigenvalue weighted by atomic mass is 35.5. The number of hydrogen-bond donors (Lipinski definition) is 0. The average Bonchev–Trinajstić information content (AvgIpc) is 2.38. The zero-order valence-electron chi connectivity index (χ0n) is 9.53. The van der Waals surface area contributed by atoms with E-state index in [9.17, 15) is 0 Å². The molecule has 0 spiro atoms. The summed E-state index contributed by atoms with van der Waals surface area (Å²) in [5.41, 5.74) is 3.65. The van der Waals surface area contributed by atoms with Crippen LogP contribution in [0.25, 0.3) is 5.57 Å². The molecule has 3 rings (SSSR count). The van der Waals surface area contributed by atoms with Gasteiger partial charge < -0.3 is 0 Å². The van der Waals surface area contributed by atoms with E-state index < -0.39 is 4.84 Å². The van der Waals surface area contributed by atoms with Crippen LogP contribution < -0.4 is 10.4 Å². The zero-order valence-corrected chi connectivity index (χ0v) is 12.0. The molecule has 18 heavy (non-hydrogen) atoms. The van der Waals surface area contributed by atoms with Crippen molar-refractivity contribution in [3.05, 3.63) is 65.7 Å². The Morgan fingerprint density at radius 3 is 1.83 bits per heavy atom. The van der Waals surface area contributed by atoms with Crippen molar-refractivity contribution >= 4 is 48.7 Å². The Kier molecular flexibility index (Phi) is 3.29. The van der Waals surface area contributed by atoms with Crippen LogP contribution in [0.3, 0.4) is 0 Å². The van der Waals surface area contributed by atoms with E-state index in [1.807, 2.05) is 6.08 Å². The van der Waals surface area contributed by atoms with Crippen LogP contribution in [0.1, 0.15) is 11.1 Å². The SMILES string of the molecule is ClC(Cl)C=C1c2ccccc2[Si]c2ccccc21. The minimum absolute atomic E-state index is 0.484. The minimum Gasteiger partial charge on any atom is -0.101 e. The molecule has 88 valence electrons. The molecule has 0 aliphatic carbocycles. The molecule has 0 saturated carbocycles. The van der Waals surface area contributed by atoms with Crippen LogP contribution in [0.15, 0.2) is 54.6 Å². The van der Waals surface area contributed by atoms with Crippen LogP contribution in [0, 0.1) is 0 Å². The second kappa shape index (κ2) is 4.92. The summed E-state index contributed by atoms with van der Waals surface area (Å²) in [5.74, 6) is 0. The molecule has 0 N–H and O–H groups in total. The number of rotatable bonds is 1. The maximum absolute atomic E-state index is 5.94. The van der Waals surface area contributed by atoms with Crippen molar-refractivity contribution < 1.29 is 0 Å². The van der Waals surface area contributed by atoms with E-state index in [1.54, 1.807) is 0 Å². The largest absolute Gasteiger partial charge is 0.126 e. The molecule has 0 aromatic heterocycles. The van der Waals surface area contributed by atoms with Gasteiger partial charge in [-0.3, -0.25) is 0 Å². The smallest absolute Gasteiger partial charge is 0.101 e. The van der Waals surface area contributed by atoms with Gasteiger partial charge in [-0.25, -0.2) is 0 Å².